The molecule has 0 fully saturated rings. The van der Waals surface area contributed by atoms with E-state index in [4.69, 9.17) is 22.0 Å². The first-order valence-electron chi connectivity index (χ1n) is 10.0. The number of rotatable bonds is 2. The number of aromatic carboxylic acids is 2. The van der Waals surface area contributed by atoms with Gasteiger partial charge in [-0.15, -0.1) is 0 Å². The van der Waals surface area contributed by atoms with Gasteiger partial charge in [-0.1, -0.05) is 24.3 Å². The van der Waals surface area contributed by atoms with Crippen molar-refractivity contribution in [2.24, 2.45) is 0 Å². The zero-order valence-corrected chi connectivity index (χ0v) is 22.3. The number of benzene rings is 2. The first kappa shape index (κ1) is 45.5. The molecule has 219 valence electrons. The Labute approximate surface area is 245 Å². The van der Waals surface area contributed by atoms with Crippen LogP contribution in [0.5, 0.6) is 0 Å². The van der Waals surface area contributed by atoms with Gasteiger partial charge < -0.3 is 53.2 Å². The van der Waals surface area contributed by atoms with Gasteiger partial charge in [0.15, 0.2) is 0 Å². The number of nitriles is 2. The number of nitrogens with two attached hydrogens (primary N) is 2. The molecule has 0 bridgehead atoms. The first-order chi connectivity index (χ1) is 17.3. The van der Waals surface area contributed by atoms with Crippen LogP contribution in [-0.4, -0.2) is 32.9 Å². The molecule has 41 heavy (non-hydrogen) atoms. The van der Waals surface area contributed by atoms with Gasteiger partial charge in [-0.3, -0.25) is 9.97 Å². The van der Waals surface area contributed by atoms with Crippen molar-refractivity contribution in [3.63, 3.8) is 0 Å². The van der Waals surface area contributed by atoms with E-state index < -0.39 is 11.9 Å². The summed E-state index contributed by atoms with van der Waals surface area (Å²) in [6.45, 7) is 0. The van der Waals surface area contributed by atoms with Crippen molar-refractivity contribution in [3.8, 4) is 12.1 Å². The number of carboxylic acid groups (broad SMARTS) is 2. The number of carboxylic acids is 2. The molecule has 14 N–H and O–H groups in total. The standard InChI is InChI=1S/2C8H5NO2.2C5H6N2.Co.4H2O/c2*9-5-6-1-3-7(4-2-6)8(10)11;2*6-5-2-1-3-7-4-5;;;;;/h2*1-4H,(H,10,11);2*1-4H,6H2;;4*1H2/q;;;;+2;;;;. The molecule has 0 spiro atoms. The summed E-state index contributed by atoms with van der Waals surface area (Å²) < 4.78 is 0. The fraction of sp³-hybridized carbons (Fsp3) is 0. The number of hydrogen-bond donors (Lipinski definition) is 2. The Hall–Kier alpha value is -5.39. The molecule has 0 saturated carbocycles. The molecule has 14 nitrogen and oxygen atoms in total. The summed E-state index contributed by atoms with van der Waals surface area (Å²) in [6.07, 6.45) is 6.60. The second kappa shape index (κ2) is 26.2. The molecule has 2 aromatic heterocycles. The van der Waals surface area contributed by atoms with E-state index in [1.807, 2.05) is 12.1 Å². The van der Waals surface area contributed by atoms with Crippen LogP contribution in [0.25, 0.3) is 0 Å². The van der Waals surface area contributed by atoms with Crippen molar-refractivity contribution in [2.75, 3.05) is 11.5 Å². The van der Waals surface area contributed by atoms with E-state index in [0.717, 1.165) is 0 Å². The fourth-order valence-corrected chi connectivity index (χ4v) is 2.11. The van der Waals surface area contributed by atoms with Crippen molar-refractivity contribution in [1.82, 2.24) is 9.97 Å². The topological polar surface area (TPSA) is 335 Å². The van der Waals surface area contributed by atoms with Crippen molar-refractivity contribution < 1.29 is 58.5 Å². The molecule has 0 aliphatic carbocycles. The van der Waals surface area contributed by atoms with Crippen molar-refractivity contribution in [3.05, 3.63) is 120 Å². The van der Waals surface area contributed by atoms with Crippen LogP contribution in [0, 0.1) is 22.7 Å². The maximum Gasteiger partial charge on any atom is 2.00 e. The molecule has 0 aliphatic rings. The number of carbonyl (C=O) groups is 2. The van der Waals surface area contributed by atoms with Gasteiger partial charge in [0.2, 0.25) is 0 Å². The smallest absolute Gasteiger partial charge is 0.545 e. The number of nitrogens with zero attached hydrogens (tertiary/aromatic N) is 4. The minimum Gasteiger partial charge on any atom is -0.545 e. The van der Waals surface area contributed by atoms with Gasteiger partial charge in [0, 0.05) is 24.8 Å². The van der Waals surface area contributed by atoms with Crippen LogP contribution in [0.15, 0.2) is 97.6 Å². The minimum absolute atomic E-state index is 0. The van der Waals surface area contributed by atoms with Crippen LogP contribution < -0.4 is 21.7 Å². The number of hydrogen-bond acceptors (Lipinski definition) is 10. The van der Waals surface area contributed by atoms with E-state index in [0.29, 0.717) is 22.5 Å². The summed E-state index contributed by atoms with van der Waals surface area (Å²) in [5.41, 5.74) is 13.1. The van der Waals surface area contributed by atoms with Crippen LogP contribution in [0.1, 0.15) is 31.8 Å². The molecular formula is C26H30CoN6O8+2. The normalized spacial score (nSPS) is 7.56. The van der Waals surface area contributed by atoms with Crippen LogP contribution in [0.2, 0.25) is 0 Å². The number of anilines is 2. The third-order valence-corrected chi connectivity index (χ3v) is 3.87. The van der Waals surface area contributed by atoms with E-state index in [2.05, 4.69) is 9.97 Å². The molecular weight excluding hydrogens is 583 g/mol. The van der Waals surface area contributed by atoms with Crippen LogP contribution >= 0.6 is 0 Å². The van der Waals surface area contributed by atoms with E-state index in [9.17, 15) is 19.8 Å². The summed E-state index contributed by atoms with van der Waals surface area (Å²) in [4.78, 5) is 27.9. The quantitative estimate of drug-likeness (QED) is 0.227. The van der Waals surface area contributed by atoms with Crippen molar-refractivity contribution >= 4 is 23.3 Å². The van der Waals surface area contributed by atoms with E-state index >= 15 is 0 Å². The molecule has 0 aliphatic heterocycles. The minimum atomic E-state index is -1.23. The molecule has 0 unspecified atom stereocenters. The largest absolute Gasteiger partial charge is 2.00 e. The fourth-order valence-electron chi connectivity index (χ4n) is 2.11. The van der Waals surface area contributed by atoms with Gasteiger partial charge in [-0.25, -0.2) is 0 Å². The third-order valence-electron chi connectivity index (χ3n) is 3.87. The maximum atomic E-state index is 10.2. The Morgan fingerprint density at radius 3 is 1.07 bits per heavy atom. The zero-order chi connectivity index (χ0) is 26.8. The number of aromatic nitrogens is 2. The molecule has 2 heterocycles. The molecule has 4 rings (SSSR count). The summed E-state index contributed by atoms with van der Waals surface area (Å²) in [6, 6.07) is 22.1. The number of carbonyl (C=O) groups excluding carboxylic acids is 2. The predicted molar refractivity (Wildman–Crippen MR) is 145 cm³/mol. The summed E-state index contributed by atoms with van der Waals surface area (Å²) in [5, 5.41) is 37.1. The van der Waals surface area contributed by atoms with Crippen LogP contribution in [0.4, 0.5) is 11.4 Å². The molecule has 4 aromatic rings. The molecule has 0 amide bonds. The molecule has 2 aromatic carbocycles. The van der Waals surface area contributed by atoms with E-state index in [1.165, 1.54) is 48.5 Å². The monoisotopic (exact) mass is 613 g/mol. The molecule has 1 radical (unpaired) electrons. The molecule has 15 heteroatoms. The zero-order valence-electron chi connectivity index (χ0n) is 21.3. The Morgan fingerprint density at radius 2 is 0.927 bits per heavy atom. The van der Waals surface area contributed by atoms with Gasteiger partial charge in [0.25, 0.3) is 0 Å². The third kappa shape index (κ3) is 20.3. The summed E-state index contributed by atoms with van der Waals surface area (Å²) >= 11 is 0. The SMILES string of the molecule is N#Cc1ccc(C(=O)[O-])cc1.N#Cc1ccc(C(=O)[O-])cc1.Nc1cccnc1.Nc1cccnc1.O.O.[Co+2].[OH3+].[OH3+]. The van der Waals surface area contributed by atoms with Crippen LogP contribution in [-0.2, 0) is 27.7 Å². The van der Waals surface area contributed by atoms with Gasteiger partial charge in [0.05, 0.1) is 46.6 Å². The average molecular weight is 613 g/mol. The van der Waals surface area contributed by atoms with Crippen LogP contribution in [0.3, 0.4) is 0 Å². The van der Waals surface area contributed by atoms with E-state index in [1.54, 1.807) is 49.1 Å². The van der Waals surface area contributed by atoms with Gasteiger partial charge in [-0.05, 0) is 59.7 Å². The van der Waals surface area contributed by atoms with Gasteiger partial charge in [0.1, 0.15) is 0 Å². The number of pyridine rings is 2. The molecule has 0 atom stereocenters. The number of nitrogen functional groups attached to an aromatic ring is 2. The van der Waals surface area contributed by atoms with E-state index in [-0.39, 0.29) is 49.8 Å². The maximum absolute atomic E-state index is 10.2. The Kier molecular flexibility index (Phi) is 29.1. The second-order valence-corrected chi connectivity index (χ2v) is 6.53. The summed E-state index contributed by atoms with van der Waals surface area (Å²) in [7, 11) is 0. The second-order valence-electron chi connectivity index (χ2n) is 6.53. The van der Waals surface area contributed by atoms with Gasteiger partial charge in [-0.2, -0.15) is 10.5 Å². The average Bonchev–Trinajstić information content (AvgIpc) is 2.91. The summed E-state index contributed by atoms with van der Waals surface area (Å²) in [5.74, 6) is -2.45. The Bertz CT molecular complexity index is 1210. The first-order valence-corrected chi connectivity index (χ1v) is 10.0. The predicted octanol–water partition coefficient (Wildman–Crippen LogP) is -2.32. The van der Waals surface area contributed by atoms with Crippen molar-refractivity contribution in [2.45, 2.75) is 0 Å². The molecule has 0 saturated heterocycles. The Balaban J connectivity index is -0.000000137. The van der Waals surface area contributed by atoms with Gasteiger partial charge >= 0.3 is 16.8 Å². The Morgan fingerprint density at radius 1 is 0.634 bits per heavy atom. The van der Waals surface area contributed by atoms with Crippen molar-refractivity contribution in [1.29, 1.82) is 10.5 Å².